The minimum absolute atomic E-state index is 0.155. The van der Waals surface area contributed by atoms with Crippen LogP contribution in [0.2, 0.25) is 5.02 Å². The first-order valence-electron chi connectivity index (χ1n) is 9.97. The van der Waals surface area contributed by atoms with Crippen LogP contribution in [0.3, 0.4) is 0 Å². The van der Waals surface area contributed by atoms with Gasteiger partial charge in [0.2, 0.25) is 5.91 Å². The summed E-state index contributed by atoms with van der Waals surface area (Å²) in [7, 11) is 0. The maximum atomic E-state index is 12.7. The molecular formula is C23H24ClN5O2S. The molecule has 7 nitrogen and oxygen atoms in total. The van der Waals surface area contributed by atoms with Crippen LogP contribution in [0.4, 0.5) is 5.69 Å². The number of aryl methyl sites for hydroxylation is 1. The number of nitrogens with zero attached hydrogens (tertiary/aromatic N) is 3. The van der Waals surface area contributed by atoms with E-state index in [1.807, 2.05) is 36.6 Å². The van der Waals surface area contributed by atoms with E-state index < -0.39 is 0 Å². The van der Waals surface area contributed by atoms with Crippen LogP contribution in [0.15, 0.2) is 66.3 Å². The van der Waals surface area contributed by atoms with Gasteiger partial charge in [-0.25, -0.2) is 0 Å². The van der Waals surface area contributed by atoms with Gasteiger partial charge in [-0.1, -0.05) is 47.6 Å². The highest BCUT2D eigenvalue weighted by Crippen LogP contribution is 2.22. The Kier molecular flexibility index (Phi) is 8.08. The van der Waals surface area contributed by atoms with Gasteiger partial charge in [-0.15, -0.1) is 16.8 Å². The summed E-state index contributed by atoms with van der Waals surface area (Å²) in [6.07, 6.45) is 1.72. The molecule has 166 valence electrons. The first-order chi connectivity index (χ1) is 15.4. The summed E-state index contributed by atoms with van der Waals surface area (Å²) in [4.78, 5) is 25.0. The number of thioether (sulfide) groups is 1. The number of carbonyl (C=O) groups is 2. The number of carbonyl (C=O) groups excluding carboxylic acids is 2. The van der Waals surface area contributed by atoms with E-state index in [9.17, 15) is 9.59 Å². The van der Waals surface area contributed by atoms with E-state index in [0.717, 1.165) is 5.56 Å². The van der Waals surface area contributed by atoms with E-state index in [2.05, 4.69) is 27.4 Å². The predicted molar refractivity (Wildman–Crippen MR) is 128 cm³/mol. The number of aromatic nitrogens is 3. The minimum atomic E-state index is -0.383. The van der Waals surface area contributed by atoms with Gasteiger partial charge in [0.05, 0.1) is 11.8 Å². The highest BCUT2D eigenvalue weighted by Gasteiger charge is 2.21. The van der Waals surface area contributed by atoms with Crippen LogP contribution < -0.4 is 10.6 Å². The van der Waals surface area contributed by atoms with Crippen molar-refractivity contribution in [2.24, 2.45) is 0 Å². The second kappa shape index (κ2) is 11.0. The molecule has 0 radical (unpaired) electrons. The summed E-state index contributed by atoms with van der Waals surface area (Å²) in [6.45, 7) is 7.99. The average molecular weight is 470 g/mol. The standard InChI is InChI=1S/C23H24ClN5O2S/c1-4-13-29-21(16(3)25-22(31)19-8-6-5-7-15(19)2)27-28-23(29)32-14-20(30)26-18-11-9-17(24)10-12-18/h4-12,16H,1,13-14H2,2-3H3,(H,25,31)(H,26,30). The SMILES string of the molecule is C=CCn1c(SCC(=O)Nc2ccc(Cl)cc2)nnc1C(C)NC(=O)c1ccccc1C. The van der Waals surface area contributed by atoms with Gasteiger partial charge < -0.3 is 15.2 Å². The Balaban J connectivity index is 1.67. The lowest BCUT2D eigenvalue weighted by Crippen LogP contribution is -2.29. The molecule has 0 fully saturated rings. The monoisotopic (exact) mass is 469 g/mol. The van der Waals surface area contributed by atoms with Crippen molar-refractivity contribution in [3.8, 4) is 0 Å². The zero-order chi connectivity index (χ0) is 23.1. The van der Waals surface area contributed by atoms with Crippen LogP contribution in [-0.4, -0.2) is 32.3 Å². The summed E-state index contributed by atoms with van der Waals surface area (Å²) in [6, 6.07) is 13.9. The van der Waals surface area contributed by atoms with E-state index in [1.165, 1.54) is 11.8 Å². The molecule has 1 heterocycles. The first kappa shape index (κ1) is 23.6. The van der Waals surface area contributed by atoms with E-state index in [1.54, 1.807) is 36.4 Å². The Morgan fingerprint density at radius 2 is 1.91 bits per heavy atom. The fraction of sp³-hybridized carbons (Fsp3) is 0.217. The topological polar surface area (TPSA) is 88.9 Å². The van der Waals surface area contributed by atoms with E-state index >= 15 is 0 Å². The largest absolute Gasteiger partial charge is 0.342 e. The van der Waals surface area contributed by atoms with Crippen LogP contribution >= 0.6 is 23.4 Å². The molecule has 2 aromatic carbocycles. The molecule has 2 N–H and O–H groups in total. The molecule has 3 rings (SSSR count). The molecule has 32 heavy (non-hydrogen) atoms. The number of halogens is 1. The molecular weight excluding hydrogens is 446 g/mol. The van der Waals surface area contributed by atoms with Crippen molar-refractivity contribution in [3.63, 3.8) is 0 Å². The summed E-state index contributed by atoms with van der Waals surface area (Å²) < 4.78 is 1.84. The number of hydrogen-bond acceptors (Lipinski definition) is 5. The number of allylic oxidation sites excluding steroid dienone is 1. The third-order valence-electron chi connectivity index (χ3n) is 4.64. The fourth-order valence-corrected chi connectivity index (χ4v) is 3.94. The third kappa shape index (κ3) is 5.99. The Labute approximate surface area is 196 Å². The van der Waals surface area contributed by atoms with Gasteiger partial charge >= 0.3 is 0 Å². The van der Waals surface area contributed by atoms with E-state index in [4.69, 9.17) is 11.6 Å². The number of hydrogen-bond donors (Lipinski definition) is 2. The first-order valence-corrected chi connectivity index (χ1v) is 11.3. The Morgan fingerprint density at radius 1 is 1.19 bits per heavy atom. The molecule has 0 saturated heterocycles. The molecule has 0 aliphatic rings. The lowest BCUT2D eigenvalue weighted by atomic mass is 10.1. The quantitative estimate of drug-likeness (QED) is 0.352. The van der Waals surface area contributed by atoms with Gasteiger partial charge in [0.15, 0.2) is 11.0 Å². The Morgan fingerprint density at radius 3 is 2.59 bits per heavy atom. The second-order valence-corrected chi connectivity index (χ2v) is 8.47. The number of amides is 2. The average Bonchev–Trinajstić information content (AvgIpc) is 3.17. The lowest BCUT2D eigenvalue weighted by Gasteiger charge is -2.16. The van der Waals surface area contributed by atoms with Crippen molar-refractivity contribution < 1.29 is 9.59 Å². The van der Waals surface area contributed by atoms with Crippen molar-refractivity contribution in [2.45, 2.75) is 31.6 Å². The summed E-state index contributed by atoms with van der Waals surface area (Å²) in [5.41, 5.74) is 2.18. The van der Waals surface area contributed by atoms with Crippen molar-refractivity contribution in [1.29, 1.82) is 0 Å². The maximum absolute atomic E-state index is 12.7. The van der Waals surface area contributed by atoms with Gasteiger partial charge in [-0.05, 0) is 49.7 Å². The van der Waals surface area contributed by atoms with E-state index in [0.29, 0.717) is 33.8 Å². The van der Waals surface area contributed by atoms with Gasteiger partial charge in [0, 0.05) is 22.8 Å². The van der Waals surface area contributed by atoms with Crippen LogP contribution in [0.1, 0.15) is 34.7 Å². The molecule has 0 aliphatic carbocycles. The molecule has 0 aliphatic heterocycles. The van der Waals surface area contributed by atoms with Gasteiger partial charge in [0.25, 0.3) is 5.91 Å². The fourth-order valence-electron chi connectivity index (χ4n) is 3.05. The third-order valence-corrected chi connectivity index (χ3v) is 5.86. The predicted octanol–water partition coefficient (Wildman–Crippen LogP) is 4.65. The van der Waals surface area contributed by atoms with Crippen molar-refractivity contribution in [1.82, 2.24) is 20.1 Å². The summed E-state index contributed by atoms with van der Waals surface area (Å²) in [5, 5.41) is 15.4. The number of rotatable bonds is 9. The minimum Gasteiger partial charge on any atom is -0.342 e. The maximum Gasteiger partial charge on any atom is 0.252 e. The summed E-state index contributed by atoms with van der Waals surface area (Å²) >= 11 is 7.13. The van der Waals surface area contributed by atoms with Crippen molar-refractivity contribution >= 4 is 40.9 Å². The van der Waals surface area contributed by atoms with Crippen molar-refractivity contribution in [2.75, 3.05) is 11.1 Å². The lowest BCUT2D eigenvalue weighted by molar-refractivity contribution is -0.113. The molecule has 9 heteroatoms. The molecule has 3 aromatic rings. The normalized spacial score (nSPS) is 11.6. The van der Waals surface area contributed by atoms with Crippen molar-refractivity contribution in [3.05, 3.63) is 83.2 Å². The number of anilines is 1. The second-order valence-electron chi connectivity index (χ2n) is 7.09. The van der Waals surface area contributed by atoms with Crippen LogP contribution in [0.25, 0.3) is 0 Å². The molecule has 0 spiro atoms. The number of benzene rings is 2. The molecule has 1 unspecified atom stereocenters. The van der Waals surface area contributed by atoms with Crippen LogP contribution in [0.5, 0.6) is 0 Å². The summed E-state index contributed by atoms with van der Waals surface area (Å²) in [5.74, 6) is 0.391. The molecule has 2 amide bonds. The molecule has 0 saturated carbocycles. The van der Waals surface area contributed by atoms with Gasteiger partial charge in [0.1, 0.15) is 0 Å². The van der Waals surface area contributed by atoms with E-state index in [-0.39, 0.29) is 23.6 Å². The zero-order valence-corrected chi connectivity index (χ0v) is 19.4. The van der Waals surface area contributed by atoms with Crippen LogP contribution in [-0.2, 0) is 11.3 Å². The smallest absolute Gasteiger partial charge is 0.252 e. The molecule has 0 bridgehead atoms. The zero-order valence-electron chi connectivity index (χ0n) is 17.8. The molecule has 1 atom stereocenters. The Hall–Kier alpha value is -3.10. The van der Waals surface area contributed by atoms with Gasteiger partial charge in [-0.3, -0.25) is 9.59 Å². The highest BCUT2D eigenvalue weighted by molar-refractivity contribution is 7.99. The van der Waals surface area contributed by atoms with Crippen LogP contribution in [0, 0.1) is 6.92 Å². The highest BCUT2D eigenvalue weighted by atomic mass is 35.5. The number of nitrogens with one attached hydrogen (secondary N) is 2. The Bertz CT molecular complexity index is 1110. The molecule has 1 aromatic heterocycles. The van der Waals surface area contributed by atoms with Gasteiger partial charge in [-0.2, -0.15) is 0 Å².